The molecule has 0 aliphatic rings. The second-order valence-corrected chi connectivity index (χ2v) is 4.14. The molecule has 0 saturated heterocycles. The molecule has 0 amide bonds. The van der Waals surface area contributed by atoms with E-state index < -0.39 is 5.41 Å². The Hall–Kier alpha value is -0.430. The van der Waals surface area contributed by atoms with E-state index in [2.05, 4.69) is 0 Å². The molecule has 0 rings (SSSR count). The van der Waals surface area contributed by atoms with Gasteiger partial charge in [0.25, 0.3) is 0 Å². The highest BCUT2D eigenvalue weighted by molar-refractivity contribution is 7.23. The Morgan fingerprint density at radius 2 is 1.86 bits per heavy atom. The highest BCUT2D eigenvalue weighted by atomic mass is 31.1. The lowest BCUT2D eigenvalue weighted by atomic mass is 9.80. The van der Waals surface area contributed by atoms with E-state index in [4.69, 9.17) is 4.74 Å². The molecule has 82 valence electrons. The average molecular weight is 219 g/mol. The van der Waals surface area contributed by atoms with Gasteiger partial charge in [-0.25, -0.2) is 0 Å². The van der Waals surface area contributed by atoms with Crippen LogP contribution >= 0.6 is 8.46 Å². The summed E-state index contributed by atoms with van der Waals surface area (Å²) >= 11 is 0. The van der Waals surface area contributed by atoms with Crippen LogP contribution in [0.2, 0.25) is 0 Å². The quantitative estimate of drug-likeness (QED) is 0.488. The predicted molar refractivity (Wildman–Crippen MR) is 58.1 cm³/mol. The Bertz CT molecular complexity index is 188. The van der Waals surface area contributed by atoms with Gasteiger partial charge in [-0.05, 0) is 19.8 Å². The van der Waals surface area contributed by atoms with Crippen molar-refractivity contribution in [1.29, 1.82) is 0 Å². The first-order valence-electron chi connectivity index (χ1n) is 5.19. The van der Waals surface area contributed by atoms with Crippen molar-refractivity contribution in [3.63, 3.8) is 0 Å². The summed E-state index contributed by atoms with van der Waals surface area (Å²) in [6.45, 7) is 6.19. The molecule has 0 aromatic heterocycles. The molecule has 4 heteroatoms. The van der Waals surface area contributed by atoms with Crippen LogP contribution in [0.5, 0.6) is 0 Å². The maximum absolute atomic E-state index is 11.7. The molecule has 0 bridgehead atoms. The van der Waals surface area contributed by atoms with Gasteiger partial charge in [0.2, 0.25) is 0 Å². The third-order valence-corrected chi connectivity index (χ3v) is 3.22. The van der Waals surface area contributed by atoms with Crippen LogP contribution in [0.25, 0.3) is 0 Å². The molecule has 0 aliphatic carbocycles. The van der Waals surface area contributed by atoms with Gasteiger partial charge in [-0.1, -0.05) is 18.4 Å². The minimum Gasteiger partial charge on any atom is -0.466 e. The Kier molecular flexibility index (Phi) is 6.73. The van der Waals surface area contributed by atoms with Crippen LogP contribution in [0.4, 0.5) is 0 Å². The van der Waals surface area contributed by atoms with Gasteiger partial charge in [0.15, 0.2) is 0 Å². The molecular formula is C10H20O3P+. The Morgan fingerprint density at radius 3 is 2.21 bits per heavy atom. The fourth-order valence-corrected chi connectivity index (χ4v) is 2.15. The largest absolute Gasteiger partial charge is 0.466 e. The number of hydrogen-bond donors (Lipinski definition) is 0. The van der Waals surface area contributed by atoms with E-state index in [1.807, 2.05) is 20.8 Å². The first-order chi connectivity index (χ1) is 6.66. The maximum Gasteiger partial charge on any atom is 0.324 e. The SMILES string of the molecule is CCOC(=O)C(CC)(CC)CC[PH+]=O. The monoisotopic (exact) mass is 219 g/mol. The van der Waals surface area contributed by atoms with E-state index in [1.165, 1.54) is 0 Å². The number of carbonyl (C=O) groups is 1. The summed E-state index contributed by atoms with van der Waals surface area (Å²) in [5, 5.41) is 0. The maximum atomic E-state index is 11.7. The van der Waals surface area contributed by atoms with Gasteiger partial charge in [-0.2, -0.15) is 0 Å². The lowest BCUT2D eigenvalue weighted by Gasteiger charge is -2.27. The van der Waals surface area contributed by atoms with E-state index >= 15 is 0 Å². The molecule has 0 aromatic carbocycles. The van der Waals surface area contributed by atoms with Gasteiger partial charge in [-0.15, -0.1) is 0 Å². The average Bonchev–Trinajstić information content (AvgIpc) is 2.21. The zero-order valence-electron chi connectivity index (χ0n) is 9.26. The van der Waals surface area contributed by atoms with Crippen molar-refractivity contribution in [2.24, 2.45) is 5.41 Å². The number of ether oxygens (including phenoxy) is 1. The van der Waals surface area contributed by atoms with E-state index in [1.54, 1.807) is 0 Å². The predicted octanol–water partition coefficient (Wildman–Crippen LogP) is 2.77. The van der Waals surface area contributed by atoms with Crippen LogP contribution in [0.15, 0.2) is 0 Å². The van der Waals surface area contributed by atoms with Crippen molar-refractivity contribution in [1.82, 2.24) is 0 Å². The minimum absolute atomic E-state index is 0.136. The van der Waals surface area contributed by atoms with E-state index in [9.17, 15) is 9.36 Å². The topological polar surface area (TPSA) is 43.4 Å². The number of rotatable bonds is 7. The molecule has 0 saturated carbocycles. The second-order valence-electron chi connectivity index (χ2n) is 3.35. The van der Waals surface area contributed by atoms with Crippen molar-refractivity contribution in [2.75, 3.05) is 12.8 Å². The molecule has 1 unspecified atom stereocenters. The van der Waals surface area contributed by atoms with Crippen LogP contribution in [0.1, 0.15) is 40.0 Å². The number of carbonyl (C=O) groups excluding carboxylic acids is 1. The normalized spacial score (nSPS) is 11.6. The number of esters is 1. The summed E-state index contributed by atoms with van der Waals surface area (Å²) in [4.78, 5) is 11.7. The zero-order chi connectivity index (χ0) is 11.0. The standard InChI is InChI=1S/C10H19O3P/c1-4-10(5-2,7-8-14-12)9(11)13-6-3/h4-8H2,1-3H3/p+1. The van der Waals surface area contributed by atoms with E-state index in [0.717, 1.165) is 12.8 Å². The Labute approximate surface area is 87.4 Å². The van der Waals surface area contributed by atoms with E-state index in [0.29, 0.717) is 19.2 Å². The van der Waals surface area contributed by atoms with Crippen molar-refractivity contribution in [3.05, 3.63) is 0 Å². The fourth-order valence-electron chi connectivity index (χ4n) is 1.57. The summed E-state index contributed by atoms with van der Waals surface area (Å²) < 4.78 is 15.5. The van der Waals surface area contributed by atoms with Crippen molar-refractivity contribution in [3.8, 4) is 0 Å². The van der Waals surface area contributed by atoms with Gasteiger partial charge in [0.1, 0.15) is 6.16 Å². The number of hydrogen-bond acceptors (Lipinski definition) is 3. The summed E-state index contributed by atoms with van der Waals surface area (Å²) in [6, 6.07) is 0. The van der Waals surface area contributed by atoms with Crippen LogP contribution < -0.4 is 0 Å². The molecule has 0 fully saturated rings. The molecule has 0 aliphatic heterocycles. The third-order valence-electron chi connectivity index (χ3n) is 2.77. The smallest absolute Gasteiger partial charge is 0.324 e. The van der Waals surface area contributed by atoms with Crippen LogP contribution in [-0.4, -0.2) is 18.7 Å². The first-order valence-corrected chi connectivity index (χ1v) is 6.30. The van der Waals surface area contributed by atoms with Gasteiger partial charge >= 0.3 is 14.4 Å². The summed E-state index contributed by atoms with van der Waals surface area (Å²) in [6.07, 6.45) is 2.76. The lowest BCUT2D eigenvalue weighted by molar-refractivity contribution is -0.156. The van der Waals surface area contributed by atoms with Gasteiger partial charge < -0.3 is 4.74 Å². The van der Waals surface area contributed by atoms with Crippen molar-refractivity contribution in [2.45, 2.75) is 40.0 Å². The van der Waals surface area contributed by atoms with Gasteiger partial charge in [0, 0.05) is 6.42 Å². The third kappa shape index (κ3) is 3.38. The molecular weight excluding hydrogens is 199 g/mol. The van der Waals surface area contributed by atoms with Crippen molar-refractivity contribution >= 4 is 14.4 Å². The molecule has 0 radical (unpaired) electrons. The highest BCUT2D eigenvalue weighted by Crippen LogP contribution is 2.33. The fraction of sp³-hybridized carbons (Fsp3) is 0.900. The zero-order valence-corrected chi connectivity index (χ0v) is 10.3. The molecule has 14 heavy (non-hydrogen) atoms. The molecule has 0 N–H and O–H groups in total. The molecule has 0 aromatic rings. The second kappa shape index (κ2) is 6.94. The lowest BCUT2D eigenvalue weighted by Crippen LogP contribution is -2.32. The van der Waals surface area contributed by atoms with Gasteiger partial charge in [0.05, 0.1) is 12.0 Å². The molecule has 1 atom stereocenters. The van der Waals surface area contributed by atoms with Crippen LogP contribution in [0.3, 0.4) is 0 Å². The van der Waals surface area contributed by atoms with Crippen LogP contribution in [-0.2, 0) is 14.1 Å². The van der Waals surface area contributed by atoms with Crippen LogP contribution in [0, 0.1) is 5.41 Å². The van der Waals surface area contributed by atoms with Crippen molar-refractivity contribution < 1.29 is 14.1 Å². The van der Waals surface area contributed by atoms with E-state index in [-0.39, 0.29) is 14.4 Å². The molecule has 0 heterocycles. The minimum atomic E-state index is -0.409. The molecule has 0 spiro atoms. The summed E-state index contributed by atoms with van der Waals surface area (Å²) in [7, 11) is -0.326. The molecule has 3 nitrogen and oxygen atoms in total. The summed E-state index contributed by atoms with van der Waals surface area (Å²) in [5.74, 6) is -0.136. The van der Waals surface area contributed by atoms with Gasteiger partial charge in [-0.3, -0.25) is 4.79 Å². The Morgan fingerprint density at radius 1 is 1.29 bits per heavy atom. The summed E-state index contributed by atoms with van der Waals surface area (Å²) in [5.41, 5.74) is -0.409. The highest BCUT2D eigenvalue weighted by Gasteiger charge is 2.36. The Balaban J connectivity index is 4.49. The first kappa shape index (κ1) is 13.6.